The van der Waals surface area contributed by atoms with Gasteiger partial charge in [0.25, 0.3) is 6.47 Å². The van der Waals surface area contributed by atoms with E-state index in [9.17, 15) is 9.59 Å². The van der Waals surface area contributed by atoms with Gasteiger partial charge in [-0.3, -0.25) is 4.79 Å². The summed E-state index contributed by atoms with van der Waals surface area (Å²) in [5.41, 5.74) is 1.66. The average molecular weight is 262 g/mol. The Balaban J connectivity index is 2.28. The van der Waals surface area contributed by atoms with Gasteiger partial charge in [-0.2, -0.15) is 0 Å². The van der Waals surface area contributed by atoms with Crippen LogP contribution in [0.4, 0.5) is 0 Å². The van der Waals surface area contributed by atoms with E-state index in [-0.39, 0.29) is 18.8 Å². The quantitative estimate of drug-likeness (QED) is 0.468. The molecule has 0 spiro atoms. The van der Waals surface area contributed by atoms with Crippen LogP contribution in [0, 0.1) is 13.8 Å². The van der Waals surface area contributed by atoms with Crippen molar-refractivity contribution in [2.75, 3.05) is 13.2 Å². The average Bonchev–Trinajstić information content (AvgIpc) is 2.41. The summed E-state index contributed by atoms with van der Waals surface area (Å²) in [5, 5.41) is 0.883. The number of hydrogen-bond donors (Lipinski definition) is 0. The van der Waals surface area contributed by atoms with Crippen molar-refractivity contribution in [3.8, 4) is 5.75 Å². The molecule has 2 rings (SSSR count). The summed E-state index contributed by atoms with van der Waals surface area (Å²) in [7, 11) is 0. The summed E-state index contributed by atoms with van der Waals surface area (Å²) in [5.74, 6) is 0.563. The minimum absolute atomic E-state index is 0.179. The molecule has 0 unspecified atom stereocenters. The highest BCUT2D eigenvalue weighted by atomic mass is 16.5. The maximum absolute atomic E-state index is 11.6. The lowest BCUT2D eigenvalue weighted by molar-refractivity contribution is -0.129. The second-order valence-electron chi connectivity index (χ2n) is 4.11. The Kier molecular flexibility index (Phi) is 3.85. The Hall–Kier alpha value is -2.30. The van der Waals surface area contributed by atoms with Crippen LogP contribution in [0.25, 0.3) is 11.0 Å². The van der Waals surface area contributed by atoms with Crippen molar-refractivity contribution in [1.82, 2.24) is 0 Å². The molecule has 1 aromatic heterocycles. The van der Waals surface area contributed by atoms with Crippen LogP contribution in [-0.2, 0) is 9.53 Å². The van der Waals surface area contributed by atoms with Gasteiger partial charge in [-0.15, -0.1) is 0 Å². The van der Waals surface area contributed by atoms with Crippen LogP contribution >= 0.6 is 0 Å². The Bertz CT molecular complexity index is 657. The maximum atomic E-state index is 11.6. The Morgan fingerprint density at radius 1 is 1.21 bits per heavy atom. The van der Waals surface area contributed by atoms with Crippen molar-refractivity contribution in [1.29, 1.82) is 0 Å². The lowest BCUT2D eigenvalue weighted by Gasteiger charge is -2.08. The fraction of sp³-hybridized carbons (Fsp3) is 0.286. The molecule has 0 bridgehead atoms. The fourth-order valence-corrected chi connectivity index (χ4v) is 1.77. The molecule has 19 heavy (non-hydrogen) atoms. The predicted octanol–water partition coefficient (Wildman–Crippen LogP) is 1.96. The molecule has 0 saturated heterocycles. The van der Waals surface area contributed by atoms with Gasteiger partial charge < -0.3 is 13.9 Å². The highest BCUT2D eigenvalue weighted by molar-refractivity contribution is 5.82. The number of hydrogen-bond acceptors (Lipinski definition) is 5. The molecule has 1 heterocycles. The van der Waals surface area contributed by atoms with Crippen LogP contribution in [0.1, 0.15) is 11.1 Å². The van der Waals surface area contributed by atoms with Crippen LogP contribution < -0.4 is 10.4 Å². The largest absolute Gasteiger partial charge is 0.490 e. The summed E-state index contributed by atoms with van der Waals surface area (Å²) in [6.45, 7) is 4.42. The molecule has 0 aliphatic heterocycles. The minimum Gasteiger partial charge on any atom is -0.490 e. The number of carbonyl (C=O) groups excluding carboxylic acids is 1. The van der Waals surface area contributed by atoms with E-state index in [0.717, 1.165) is 10.9 Å². The predicted molar refractivity (Wildman–Crippen MR) is 69.5 cm³/mol. The monoisotopic (exact) mass is 262 g/mol. The van der Waals surface area contributed by atoms with Crippen molar-refractivity contribution in [2.24, 2.45) is 0 Å². The standard InChI is InChI=1S/C14H14O5/c1-9-10(2)14(16)19-13-7-11(3-4-12(9)13)18-6-5-17-8-15/h3-4,7-8H,5-6H2,1-2H3. The van der Waals surface area contributed by atoms with E-state index in [1.165, 1.54) is 0 Å². The molecule has 0 saturated carbocycles. The third kappa shape index (κ3) is 2.76. The molecule has 0 atom stereocenters. The number of benzene rings is 1. The third-order valence-electron chi connectivity index (χ3n) is 2.97. The number of aryl methyl sites for hydroxylation is 1. The van der Waals surface area contributed by atoms with E-state index in [1.54, 1.807) is 19.1 Å². The van der Waals surface area contributed by atoms with E-state index >= 15 is 0 Å². The van der Waals surface area contributed by atoms with E-state index in [4.69, 9.17) is 9.15 Å². The zero-order chi connectivity index (χ0) is 13.8. The molecule has 1 aromatic carbocycles. The summed E-state index contributed by atoms with van der Waals surface area (Å²) >= 11 is 0. The Morgan fingerprint density at radius 3 is 2.74 bits per heavy atom. The molecule has 5 nitrogen and oxygen atoms in total. The molecule has 0 aliphatic carbocycles. The molecule has 2 aromatic rings. The smallest absolute Gasteiger partial charge is 0.339 e. The van der Waals surface area contributed by atoms with Crippen molar-refractivity contribution < 1.29 is 18.7 Å². The van der Waals surface area contributed by atoms with E-state index in [0.29, 0.717) is 23.4 Å². The fourth-order valence-electron chi connectivity index (χ4n) is 1.77. The first-order valence-electron chi connectivity index (χ1n) is 5.85. The Labute approximate surface area is 109 Å². The molecule has 0 radical (unpaired) electrons. The number of rotatable bonds is 5. The number of carbonyl (C=O) groups is 1. The normalized spacial score (nSPS) is 10.4. The first kappa shape index (κ1) is 13.1. The molecular formula is C14H14O5. The van der Waals surface area contributed by atoms with E-state index in [2.05, 4.69) is 4.74 Å². The first-order chi connectivity index (χ1) is 9.13. The van der Waals surface area contributed by atoms with Crippen molar-refractivity contribution >= 4 is 17.4 Å². The molecule has 5 heteroatoms. The second kappa shape index (κ2) is 5.56. The van der Waals surface area contributed by atoms with Gasteiger partial charge >= 0.3 is 5.63 Å². The summed E-state index contributed by atoms with van der Waals surface area (Å²) < 4.78 is 15.1. The van der Waals surface area contributed by atoms with Gasteiger partial charge in [0, 0.05) is 17.0 Å². The van der Waals surface area contributed by atoms with Crippen LogP contribution in [0.3, 0.4) is 0 Å². The van der Waals surface area contributed by atoms with Crippen LogP contribution in [0.15, 0.2) is 27.4 Å². The molecule has 0 aliphatic rings. The van der Waals surface area contributed by atoms with Crippen molar-refractivity contribution in [3.63, 3.8) is 0 Å². The van der Waals surface area contributed by atoms with Crippen LogP contribution in [0.5, 0.6) is 5.75 Å². The second-order valence-corrected chi connectivity index (χ2v) is 4.11. The van der Waals surface area contributed by atoms with Crippen LogP contribution in [0.2, 0.25) is 0 Å². The van der Waals surface area contributed by atoms with Crippen molar-refractivity contribution in [3.05, 3.63) is 39.7 Å². The number of fused-ring (bicyclic) bond motifs is 1. The zero-order valence-corrected chi connectivity index (χ0v) is 10.8. The topological polar surface area (TPSA) is 65.7 Å². The first-order valence-corrected chi connectivity index (χ1v) is 5.85. The molecule has 0 N–H and O–H groups in total. The minimum atomic E-state index is -0.341. The maximum Gasteiger partial charge on any atom is 0.339 e. The number of ether oxygens (including phenoxy) is 2. The van der Waals surface area contributed by atoms with Gasteiger partial charge in [0.05, 0.1) is 0 Å². The van der Waals surface area contributed by atoms with Crippen molar-refractivity contribution in [2.45, 2.75) is 13.8 Å². The van der Waals surface area contributed by atoms with E-state index in [1.807, 2.05) is 13.0 Å². The highest BCUT2D eigenvalue weighted by Gasteiger charge is 2.08. The lowest BCUT2D eigenvalue weighted by Crippen LogP contribution is -2.07. The van der Waals surface area contributed by atoms with Gasteiger partial charge in [-0.05, 0) is 31.5 Å². The van der Waals surface area contributed by atoms with Gasteiger partial charge in [-0.25, -0.2) is 4.79 Å². The van der Waals surface area contributed by atoms with Crippen LogP contribution in [-0.4, -0.2) is 19.7 Å². The molecule has 100 valence electrons. The Morgan fingerprint density at radius 2 is 2.00 bits per heavy atom. The van der Waals surface area contributed by atoms with Gasteiger partial charge in [-0.1, -0.05) is 0 Å². The molecule has 0 amide bonds. The van der Waals surface area contributed by atoms with Gasteiger partial charge in [0.1, 0.15) is 24.5 Å². The molecule has 0 fully saturated rings. The van der Waals surface area contributed by atoms with Gasteiger partial charge in [0.15, 0.2) is 0 Å². The summed E-state index contributed by atoms with van der Waals surface area (Å²) in [6, 6.07) is 5.29. The SMILES string of the molecule is Cc1c(C)c2ccc(OCCOC=O)cc2oc1=O. The third-order valence-corrected chi connectivity index (χ3v) is 2.97. The highest BCUT2D eigenvalue weighted by Crippen LogP contribution is 2.23. The summed E-state index contributed by atoms with van der Waals surface area (Å²) in [4.78, 5) is 21.6. The zero-order valence-electron chi connectivity index (χ0n) is 10.8. The lowest BCUT2D eigenvalue weighted by atomic mass is 10.1. The molecular weight excluding hydrogens is 248 g/mol. The van der Waals surface area contributed by atoms with Gasteiger partial charge in [0.2, 0.25) is 0 Å². The van der Waals surface area contributed by atoms with E-state index < -0.39 is 0 Å². The summed E-state index contributed by atoms with van der Waals surface area (Å²) in [6.07, 6.45) is 0.